The standard InChI is InChI=1S/C18H31N5O3.HI/c1-12(15-13(2)21-26-14(15)3)11-20-16(19)22-7-9-23(10-8-22)17(24)25-18(4,5)6;/h12H,7-11H2,1-6H3,(H2,19,20);1H. The van der Waals surface area contributed by atoms with Crippen LogP contribution in [0.1, 0.15) is 50.6 Å². The average molecular weight is 493 g/mol. The Kier molecular flexibility index (Phi) is 8.37. The summed E-state index contributed by atoms with van der Waals surface area (Å²) < 4.78 is 10.6. The maximum atomic E-state index is 12.1. The van der Waals surface area contributed by atoms with Crippen molar-refractivity contribution in [3.8, 4) is 0 Å². The molecule has 0 aliphatic carbocycles. The zero-order valence-corrected chi connectivity index (χ0v) is 19.4. The minimum Gasteiger partial charge on any atom is -0.444 e. The molecule has 1 saturated heterocycles. The molecule has 1 atom stereocenters. The van der Waals surface area contributed by atoms with E-state index in [1.165, 1.54) is 0 Å². The second-order valence-electron chi connectivity index (χ2n) is 7.79. The van der Waals surface area contributed by atoms with Gasteiger partial charge in [0.15, 0.2) is 5.96 Å². The molecule has 1 amide bonds. The molecular formula is C18H32IN5O3. The number of piperazine rings is 1. The van der Waals surface area contributed by atoms with Gasteiger partial charge in [0.05, 0.1) is 5.69 Å². The van der Waals surface area contributed by atoms with Gasteiger partial charge in [-0.15, -0.1) is 24.0 Å². The molecule has 0 bridgehead atoms. The van der Waals surface area contributed by atoms with Gasteiger partial charge in [0.25, 0.3) is 0 Å². The number of halogens is 1. The van der Waals surface area contributed by atoms with Crippen LogP contribution in [0.5, 0.6) is 0 Å². The van der Waals surface area contributed by atoms with E-state index >= 15 is 0 Å². The lowest BCUT2D eigenvalue weighted by molar-refractivity contribution is 0.0186. The van der Waals surface area contributed by atoms with Crippen LogP contribution < -0.4 is 5.73 Å². The SMILES string of the molecule is Cc1noc(C)c1C(C)CN=C(N)N1CCN(C(=O)OC(C)(C)C)CC1.I. The van der Waals surface area contributed by atoms with Gasteiger partial charge in [0.1, 0.15) is 11.4 Å². The van der Waals surface area contributed by atoms with Crippen molar-refractivity contribution in [1.29, 1.82) is 0 Å². The second-order valence-corrected chi connectivity index (χ2v) is 7.79. The highest BCUT2D eigenvalue weighted by Gasteiger charge is 2.26. The first-order valence-corrected chi connectivity index (χ1v) is 9.04. The fraction of sp³-hybridized carbons (Fsp3) is 0.722. The minimum atomic E-state index is -0.483. The lowest BCUT2D eigenvalue weighted by atomic mass is 10.00. The molecule has 2 rings (SSSR count). The molecule has 1 fully saturated rings. The van der Waals surface area contributed by atoms with Gasteiger partial charge in [-0.25, -0.2) is 4.79 Å². The molecule has 0 saturated carbocycles. The highest BCUT2D eigenvalue weighted by Crippen LogP contribution is 2.23. The summed E-state index contributed by atoms with van der Waals surface area (Å²) in [7, 11) is 0. The topological polar surface area (TPSA) is 97.2 Å². The van der Waals surface area contributed by atoms with Crippen LogP contribution in [0.4, 0.5) is 4.79 Å². The van der Waals surface area contributed by atoms with Gasteiger partial charge in [-0.1, -0.05) is 12.1 Å². The number of aryl methyl sites for hydroxylation is 2. The number of ether oxygens (including phenoxy) is 1. The Hall–Kier alpha value is -1.52. The molecule has 1 unspecified atom stereocenters. The number of nitrogens with two attached hydrogens (primary N) is 1. The maximum Gasteiger partial charge on any atom is 0.410 e. The zero-order valence-electron chi connectivity index (χ0n) is 17.1. The van der Waals surface area contributed by atoms with E-state index in [2.05, 4.69) is 17.1 Å². The molecule has 1 aliphatic heterocycles. The Labute approximate surface area is 178 Å². The van der Waals surface area contributed by atoms with E-state index in [0.717, 1.165) is 17.0 Å². The first-order chi connectivity index (χ1) is 12.1. The highest BCUT2D eigenvalue weighted by atomic mass is 127. The lowest BCUT2D eigenvalue weighted by Gasteiger charge is -2.36. The summed E-state index contributed by atoms with van der Waals surface area (Å²) in [5.74, 6) is 1.52. The summed E-state index contributed by atoms with van der Waals surface area (Å²) in [6.45, 7) is 14.5. The van der Waals surface area contributed by atoms with Crippen molar-refractivity contribution in [2.24, 2.45) is 10.7 Å². The maximum absolute atomic E-state index is 12.1. The summed E-state index contributed by atoms with van der Waals surface area (Å²) in [6, 6.07) is 0. The van der Waals surface area contributed by atoms with Crippen LogP contribution in [-0.2, 0) is 4.74 Å². The van der Waals surface area contributed by atoms with Crippen LogP contribution in [0, 0.1) is 13.8 Å². The van der Waals surface area contributed by atoms with Crippen molar-refractivity contribution >= 4 is 36.0 Å². The van der Waals surface area contributed by atoms with Gasteiger partial charge < -0.3 is 24.8 Å². The van der Waals surface area contributed by atoms with Crippen LogP contribution in [0.3, 0.4) is 0 Å². The number of hydrogen-bond acceptors (Lipinski definition) is 5. The number of carbonyl (C=O) groups excluding carboxylic acids is 1. The normalized spacial score (nSPS) is 16.7. The van der Waals surface area contributed by atoms with Crippen LogP contribution in [-0.4, -0.2) is 65.3 Å². The van der Waals surface area contributed by atoms with Crippen molar-refractivity contribution < 1.29 is 14.1 Å². The Morgan fingerprint density at radius 2 is 1.81 bits per heavy atom. The fourth-order valence-electron chi connectivity index (χ4n) is 3.06. The number of guanidine groups is 1. The van der Waals surface area contributed by atoms with E-state index in [0.29, 0.717) is 38.7 Å². The molecule has 8 nitrogen and oxygen atoms in total. The summed E-state index contributed by atoms with van der Waals surface area (Å²) in [5.41, 5.74) is 7.66. The largest absolute Gasteiger partial charge is 0.444 e. The molecule has 1 aromatic heterocycles. The molecule has 2 N–H and O–H groups in total. The summed E-state index contributed by atoms with van der Waals surface area (Å²) >= 11 is 0. The van der Waals surface area contributed by atoms with E-state index in [9.17, 15) is 4.79 Å². The van der Waals surface area contributed by atoms with E-state index in [4.69, 9.17) is 15.0 Å². The number of aliphatic imine (C=N–C) groups is 1. The molecule has 9 heteroatoms. The van der Waals surface area contributed by atoms with Crippen LogP contribution in [0.25, 0.3) is 0 Å². The molecular weight excluding hydrogens is 461 g/mol. The van der Waals surface area contributed by atoms with E-state index in [-0.39, 0.29) is 36.0 Å². The molecule has 0 aromatic carbocycles. The number of hydrogen-bond donors (Lipinski definition) is 1. The molecule has 1 aliphatic rings. The Balaban J connectivity index is 0.00000364. The first-order valence-electron chi connectivity index (χ1n) is 9.04. The Bertz CT molecular complexity index is 641. The van der Waals surface area contributed by atoms with Crippen molar-refractivity contribution in [2.45, 2.75) is 53.1 Å². The van der Waals surface area contributed by atoms with Crippen molar-refractivity contribution in [2.75, 3.05) is 32.7 Å². The summed E-state index contributed by atoms with van der Waals surface area (Å²) in [4.78, 5) is 20.4. The van der Waals surface area contributed by atoms with Gasteiger partial charge in [-0.05, 0) is 34.6 Å². The summed E-state index contributed by atoms with van der Waals surface area (Å²) in [5, 5.41) is 3.99. The van der Waals surface area contributed by atoms with E-state index < -0.39 is 5.60 Å². The molecule has 1 aromatic rings. The second kappa shape index (κ2) is 9.61. The van der Waals surface area contributed by atoms with Gasteiger partial charge in [-0.2, -0.15) is 0 Å². The predicted molar refractivity (Wildman–Crippen MR) is 116 cm³/mol. The van der Waals surface area contributed by atoms with Crippen LogP contribution >= 0.6 is 24.0 Å². The van der Waals surface area contributed by atoms with Gasteiger partial charge in [-0.3, -0.25) is 4.99 Å². The lowest BCUT2D eigenvalue weighted by Crippen LogP contribution is -2.53. The highest BCUT2D eigenvalue weighted by molar-refractivity contribution is 14.0. The smallest absolute Gasteiger partial charge is 0.410 e. The monoisotopic (exact) mass is 493 g/mol. The number of amides is 1. The minimum absolute atomic E-state index is 0. The van der Waals surface area contributed by atoms with E-state index in [1.54, 1.807) is 4.90 Å². The van der Waals surface area contributed by atoms with Gasteiger partial charge in [0.2, 0.25) is 0 Å². The number of carbonyl (C=O) groups is 1. The van der Waals surface area contributed by atoms with Crippen LogP contribution in [0.2, 0.25) is 0 Å². The molecule has 0 spiro atoms. The molecule has 2 heterocycles. The van der Waals surface area contributed by atoms with Crippen molar-refractivity contribution in [1.82, 2.24) is 15.0 Å². The van der Waals surface area contributed by atoms with Gasteiger partial charge >= 0.3 is 6.09 Å². The molecule has 154 valence electrons. The van der Waals surface area contributed by atoms with Gasteiger partial charge in [0, 0.05) is 44.2 Å². The third-order valence-electron chi connectivity index (χ3n) is 4.36. The average Bonchev–Trinajstić information content (AvgIpc) is 2.89. The van der Waals surface area contributed by atoms with E-state index in [1.807, 2.05) is 39.5 Å². The van der Waals surface area contributed by atoms with Crippen molar-refractivity contribution in [3.05, 3.63) is 17.0 Å². The third kappa shape index (κ3) is 6.54. The molecule has 27 heavy (non-hydrogen) atoms. The Morgan fingerprint density at radius 1 is 1.26 bits per heavy atom. The number of rotatable bonds is 3. The zero-order chi connectivity index (χ0) is 19.5. The fourth-order valence-corrected chi connectivity index (χ4v) is 3.06. The summed E-state index contributed by atoms with van der Waals surface area (Å²) in [6.07, 6.45) is -0.278. The third-order valence-corrected chi connectivity index (χ3v) is 4.36. The van der Waals surface area contributed by atoms with Crippen molar-refractivity contribution in [3.63, 3.8) is 0 Å². The number of nitrogens with zero attached hydrogens (tertiary/aromatic N) is 4. The Morgan fingerprint density at radius 3 is 2.30 bits per heavy atom. The number of aromatic nitrogens is 1. The predicted octanol–water partition coefficient (Wildman–Crippen LogP) is 2.88. The quantitative estimate of drug-likeness (QED) is 0.395. The van der Waals surface area contributed by atoms with Crippen LogP contribution in [0.15, 0.2) is 9.52 Å². The molecule has 0 radical (unpaired) electrons. The first kappa shape index (κ1) is 23.5.